The third kappa shape index (κ3) is 5.61. The number of ether oxygens (including phenoxy) is 1. The molecule has 2 aromatic rings. The first-order valence-electron chi connectivity index (χ1n) is 9.96. The Kier molecular flexibility index (Phi) is 7.22. The summed E-state index contributed by atoms with van der Waals surface area (Å²) in [5.41, 5.74) is 3.62. The van der Waals surface area contributed by atoms with Crippen molar-refractivity contribution in [2.75, 3.05) is 13.2 Å². The molecular formula is C22H21F3N2O6. The fraction of sp³-hybridized carbons (Fsp3) is 0.318. The Morgan fingerprint density at radius 2 is 1.55 bits per heavy atom. The molecule has 2 amide bonds. The van der Waals surface area contributed by atoms with E-state index in [1.54, 1.807) is 0 Å². The zero-order valence-corrected chi connectivity index (χ0v) is 17.1. The number of carboxylic acids is 1. The summed E-state index contributed by atoms with van der Waals surface area (Å²) in [4.78, 5) is 34.6. The summed E-state index contributed by atoms with van der Waals surface area (Å²) in [6.07, 6.45) is -8.90. The molecule has 0 saturated carbocycles. The second-order valence-electron chi connectivity index (χ2n) is 7.38. The van der Waals surface area contributed by atoms with Gasteiger partial charge in [-0.15, -0.1) is 0 Å². The Morgan fingerprint density at radius 1 is 1.00 bits per heavy atom. The molecule has 0 aromatic heterocycles. The minimum atomic E-state index is -5.12. The maximum absolute atomic E-state index is 13.3. The third-order valence-corrected chi connectivity index (χ3v) is 5.20. The number of halogens is 3. The second kappa shape index (κ2) is 9.90. The first kappa shape index (κ1) is 24.1. The minimum Gasteiger partial charge on any atom is -0.479 e. The summed E-state index contributed by atoms with van der Waals surface area (Å²) >= 11 is 0. The highest BCUT2D eigenvalue weighted by molar-refractivity contribution is 5.86. The van der Waals surface area contributed by atoms with E-state index in [-0.39, 0.29) is 12.5 Å². The van der Waals surface area contributed by atoms with E-state index in [4.69, 9.17) is 14.9 Å². The average molecular weight is 466 g/mol. The molecule has 0 saturated heterocycles. The monoisotopic (exact) mass is 466 g/mol. The van der Waals surface area contributed by atoms with E-state index in [9.17, 15) is 27.6 Å². The van der Waals surface area contributed by atoms with Gasteiger partial charge in [-0.1, -0.05) is 48.5 Å². The quantitative estimate of drug-likeness (QED) is 0.474. The van der Waals surface area contributed by atoms with Gasteiger partial charge in [-0.05, 0) is 22.3 Å². The van der Waals surface area contributed by atoms with Crippen LogP contribution in [-0.4, -0.2) is 59.7 Å². The average Bonchev–Trinajstić information content (AvgIpc) is 3.08. The third-order valence-electron chi connectivity index (χ3n) is 5.20. The van der Waals surface area contributed by atoms with E-state index in [1.807, 2.05) is 53.8 Å². The summed E-state index contributed by atoms with van der Waals surface area (Å²) in [5.74, 6) is -3.55. The number of aliphatic hydroxyl groups is 1. The largest absolute Gasteiger partial charge is 0.479 e. The topological polar surface area (TPSA) is 125 Å². The lowest BCUT2D eigenvalue weighted by molar-refractivity contribution is -0.167. The molecule has 3 rings (SSSR count). The number of benzene rings is 2. The number of alkyl carbamates (subject to hydrolysis) is 1. The van der Waals surface area contributed by atoms with E-state index in [0.29, 0.717) is 0 Å². The molecule has 0 aliphatic heterocycles. The van der Waals surface area contributed by atoms with Gasteiger partial charge in [-0.2, -0.15) is 13.2 Å². The molecule has 4 N–H and O–H groups in total. The smallest absolute Gasteiger partial charge is 0.417 e. The number of rotatable bonds is 8. The van der Waals surface area contributed by atoms with Crippen LogP contribution in [-0.2, 0) is 14.3 Å². The van der Waals surface area contributed by atoms with Crippen LogP contribution in [0.15, 0.2) is 48.5 Å². The number of carbonyl (C=O) groups excluding carboxylic acids is 2. The van der Waals surface area contributed by atoms with Crippen LogP contribution in [0.5, 0.6) is 0 Å². The number of amides is 2. The summed E-state index contributed by atoms with van der Waals surface area (Å²) in [7, 11) is 0. The molecule has 0 heterocycles. The Bertz CT molecular complexity index is 997. The van der Waals surface area contributed by atoms with Crippen LogP contribution in [0.3, 0.4) is 0 Å². The molecule has 2 aromatic carbocycles. The van der Waals surface area contributed by atoms with Crippen molar-refractivity contribution in [3.05, 3.63) is 59.7 Å². The predicted molar refractivity (Wildman–Crippen MR) is 109 cm³/mol. The van der Waals surface area contributed by atoms with Gasteiger partial charge in [0, 0.05) is 18.9 Å². The van der Waals surface area contributed by atoms with Crippen molar-refractivity contribution in [1.82, 2.24) is 10.6 Å². The zero-order chi connectivity index (χ0) is 24.2. The van der Waals surface area contributed by atoms with Gasteiger partial charge in [0.2, 0.25) is 6.04 Å². The van der Waals surface area contributed by atoms with Gasteiger partial charge in [0.1, 0.15) is 6.61 Å². The van der Waals surface area contributed by atoms with Gasteiger partial charge in [0.05, 0.1) is 0 Å². The van der Waals surface area contributed by atoms with Crippen molar-refractivity contribution in [3.63, 3.8) is 0 Å². The fourth-order valence-electron chi connectivity index (χ4n) is 3.61. The Balaban J connectivity index is 1.62. The van der Waals surface area contributed by atoms with Crippen molar-refractivity contribution in [1.29, 1.82) is 0 Å². The van der Waals surface area contributed by atoms with E-state index in [1.165, 1.54) is 5.32 Å². The summed E-state index contributed by atoms with van der Waals surface area (Å²) in [6.45, 7) is -0.776. The Hall–Kier alpha value is -3.60. The standard InChI is InChI=1S/C22H21F3N2O6/c23-22(24,25)18(19(29)26-10-9-17(28)20(30)31)27-21(32)33-11-16-14-7-3-1-5-12(14)13-6-2-4-8-15(13)16/h1-8,16-18,28H,9-11H2,(H,26,29)(H,27,32)(H,30,31). The highest BCUT2D eigenvalue weighted by Crippen LogP contribution is 2.44. The first-order valence-corrected chi connectivity index (χ1v) is 9.96. The number of carboxylic acid groups (broad SMARTS) is 1. The lowest BCUT2D eigenvalue weighted by Crippen LogP contribution is -2.55. The molecule has 1 aliphatic rings. The van der Waals surface area contributed by atoms with Crippen LogP contribution < -0.4 is 10.6 Å². The Morgan fingerprint density at radius 3 is 2.06 bits per heavy atom. The SMILES string of the molecule is O=C(NC(C(=O)NCCC(O)C(=O)O)C(F)(F)F)OCC1c2ccccc2-c2ccccc21. The van der Waals surface area contributed by atoms with Gasteiger partial charge >= 0.3 is 18.2 Å². The molecular weight excluding hydrogens is 445 g/mol. The molecule has 1 aliphatic carbocycles. The number of aliphatic carboxylic acids is 1. The second-order valence-corrected chi connectivity index (χ2v) is 7.38. The zero-order valence-electron chi connectivity index (χ0n) is 17.1. The van der Waals surface area contributed by atoms with Gasteiger partial charge in [0.25, 0.3) is 5.91 Å². The summed E-state index contributed by atoms with van der Waals surface area (Å²) in [6, 6.07) is 11.9. The van der Waals surface area contributed by atoms with Crippen molar-refractivity contribution in [2.45, 2.75) is 30.7 Å². The van der Waals surface area contributed by atoms with E-state index >= 15 is 0 Å². The Labute approximate surface area is 186 Å². The number of hydrogen-bond donors (Lipinski definition) is 4. The molecule has 2 atom stereocenters. The number of fused-ring (bicyclic) bond motifs is 3. The van der Waals surface area contributed by atoms with Crippen LogP contribution in [0.25, 0.3) is 11.1 Å². The number of nitrogens with one attached hydrogen (secondary N) is 2. The number of carbonyl (C=O) groups is 3. The van der Waals surface area contributed by atoms with Crippen LogP contribution >= 0.6 is 0 Å². The van der Waals surface area contributed by atoms with Crippen molar-refractivity contribution in [2.24, 2.45) is 0 Å². The molecule has 176 valence electrons. The number of alkyl halides is 3. The summed E-state index contributed by atoms with van der Waals surface area (Å²) < 4.78 is 45.0. The van der Waals surface area contributed by atoms with Crippen molar-refractivity contribution in [3.8, 4) is 11.1 Å². The van der Waals surface area contributed by atoms with Gasteiger partial charge in [-0.3, -0.25) is 4.79 Å². The minimum absolute atomic E-state index is 0.239. The van der Waals surface area contributed by atoms with Crippen molar-refractivity contribution < 1.29 is 42.5 Å². The van der Waals surface area contributed by atoms with E-state index < -0.39 is 49.3 Å². The number of hydrogen-bond acceptors (Lipinski definition) is 5. The molecule has 0 radical (unpaired) electrons. The molecule has 0 bridgehead atoms. The van der Waals surface area contributed by atoms with Crippen LogP contribution in [0, 0.1) is 0 Å². The number of aliphatic hydroxyl groups excluding tert-OH is 1. The van der Waals surface area contributed by atoms with Gasteiger partial charge in [0.15, 0.2) is 6.10 Å². The highest BCUT2D eigenvalue weighted by Gasteiger charge is 2.46. The van der Waals surface area contributed by atoms with Gasteiger partial charge in [-0.25, -0.2) is 9.59 Å². The molecule has 0 fully saturated rings. The maximum Gasteiger partial charge on any atom is 0.417 e. The maximum atomic E-state index is 13.3. The van der Waals surface area contributed by atoms with E-state index in [2.05, 4.69) is 0 Å². The molecule has 33 heavy (non-hydrogen) atoms. The lowest BCUT2D eigenvalue weighted by Gasteiger charge is -2.21. The molecule has 2 unspecified atom stereocenters. The van der Waals surface area contributed by atoms with Gasteiger partial charge < -0.3 is 25.6 Å². The molecule has 0 spiro atoms. The fourth-order valence-corrected chi connectivity index (χ4v) is 3.61. The predicted octanol–water partition coefficient (Wildman–Crippen LogP) is 2.41. The normalized spacial score (nSPS) is 14.5. The van der Waals surface area contributed by atoms with E-state index in [0.717, 1.165) is 22.3 Å². The molecule has 11 heteroatoms. The highest BCUT2D eigenvalue weighted by atomic mass is 19.4. The summed E-state index contributed by atoms with van der Waals surface area (Å²) in [5, 5.41) is 21.1. The van der Waals surface area contributed by atoms with Crippen LogP contribution in [0.1, 0.15) is 23.5 Å². The van der Waals surface area contributed by atoms with Crippen LogP contribution in [0.2, 0.25) is 0 Å². The first-order chi connectivity index (χ1) is 15.6. The van der Waals surface area contributed by atoms with Crippen molar-refractivity contribution >= 4 is 18.0 Å². The van der Waals surface area contributed by atoms with Crippen LogP contribution in [0.4, 0.5) is 18.0 Å². The molecule has 8 nitrogen and oxygen atoms in total. The lowest BCUT2D eigenvalue weighted by atomic mass is 9.98.